The zero-order chi connectivity index (χ0) is 11.1. The molecule has 0 spiro atoms. The predicted molar refractivity (Wildman–Crippen MR) is 62.8 cm³/mol. The summed E-state index contributed by atoms with van der Waals surface area (Å²) in [5.74, 6) is 0.699. The third kappa shape index (κ3) is 4.25. The van der Waals surface area contributed by atoms with Crippen molar-refractivity contribution in [2.45, 2.75) is 39.8 Å². The maximum absolute atomic E-state index is 4.21. The Morgan fingerprint density at radius 1 is 1.27 bits per heavy atom. The van der Waals surface area contributed by atoms with Crippen molar-refractivity contribution in [3.05, 3.63) is 18.0 Å². The van der Waals surface area contributed by atoms with E-state index in [2.05, 4.69) is 34.4 Å². The van der Waals surface area contributed by atoms with Crippen LogP contribution >= 0.6 is 0 Å². The van der Waals surface area contributed by atoms with Crippen LogP contribution in [0.3, 0.4) is 0 Å². The van der Waals surface area contributed by atoms with Crippen LogP contribution in [0.2, 0.25) is 0 Å². The smallest absolute Gasteiger partial charge is 0.222 e. The second-order valence-corrected chi connectivity index (χ2v) is 3.64. The summed E-state index contributed by atoms with van der Waals surface area (Å²) in [4.78, 5) is 8.42. The van der Waals surface area contributed by atoms with Crippen molar-refractivity contribution in [3.8, 4) is 0 Å². The molecular weight excluding hydrogens is 188 g/mol. The van der Waals surface area contributed by atoms with E-state index in [-0.39, 0.29) is 0 Å². The van der Waals surface area contributed by atoms with Crippen LogP contribution in [0, 0.1) is 0 Å². The van der Waals surface area contributed by atoms with Crippen molar-refractivity contribution in [1.29, 1.82) is 0 Å². The van der Waals surface area contributed by atoms with E-state index in [1.54, 1.807) is 0 Å². The molecule has 2 N–H and O–H groups in total. The van der Waals surface area contributed by atoms with Crippen molar-refractivity contribution >= 4 is 5.95 Å². The first-order valence-corrected chi connectivity index (χ1v) is 5.54. The quantitative estimate of drug-likeness (QED) is 0.748. The van der Waals surface area contributed by atoms with Gasteiger partial charge in [0.1, 0.15) is 0 Å². The Balaban J connectivity index is 2.42. The van der Waals surface area contributed by atoms with Gasteiger partial charge >= 0.3 is 0 Å². The van der Waals surface area contributed by atoms with Gasteiger partial charge < -0.3 is 10.6 Å². The van der Waals surface area contributed by atoms with E-state index in [9.17, 15) is 0 Å². The number of hydrogen-bond acceptors (Lipinski definition) is 4. The minimum atomic E-state index is 0.540. The largest absolute Gasteiger partial charge is 0.355 e. The topological polar surface area (TPSA) is 49.8 Å². The first kappa shape index (κ1) is 11.9. The third-order valence-corrected chi connectivity index (χ3v) is 2.31. The van der Waals surface area contributed by atoms with Crippen molar-refractivity contribution in [2.24, 2.45) is 0 Å². The fourth-order valence-electron chi connectivity index (χ4n) is 1.13. The molecule has 0 saturated carbocycles. The van der Waals surface area contributed by atoms with Gasteiger partial charge in [-0.1, -0.05) is 6.92 Å². The Morgan fingerprint density at radius 3 is 2.47 bits per heavy atom. The zero-order valence-electron chi connectivity index (χ0n) is 9.75. The molecule has 1 aromatic heterocycles. The molecule has 1 heterocycles. The van der Waals surface area contributed by atoms with Crippen LogP contribution in [0.1, 0.15) is 32.8 Å². The van der Waals surface area contributed by atoms with Gasteiger partial charge in [-0.25, -0.2) is 9.97 Å². The molecule has 4 nitrogen and oxygen atoms in total. The van der Waals surface area contributed by atoms with Crippen molar-refractivity contribution in [3.63, 3.8) is 0 Å². The maximum Gasteiger partial charge on any atom is 0.222 e. The highest BCUT2D eigenvalue weighted by molar-refractivity contribution is 5.24. The van der Waals surface area contributed by atoms with Crippen LogP contribution in [0.25, 0.3) is 0 Å². The number of anilines is 1. The van der Waals surface area contributed by atoms with Gasteiger partial charge in [0.15, 0.2) is 0 Å². The summed E-state index contributed by atoms with van der Waals surface area (Å²) in [6, 6.07) is 0.540. The van der Waals surface area contributed by atoms with Gasteiger partial charge in [-0.05, 0) is 20.3 Å². The SMILES string of the molecule is CCNc1ncc(CN[C@H](C)CC)cn1. The normalized spacial score (nSPS) is 12.5. The van der Waals surface area contributed by atoms with E-state index in [1.807, 2.05) is 19.3 Å². The molecule has 0 radical (unpaired) electrons. The van der Waals surface area contributed by atoms with Gasteiger partial charge in [-0.15, -0.1) is 0 Å². The van der Waals surface area contributed by atoms with Crippen molar-refractivity contribution < 1.29 is 0 Å². The molecule has 0 aliphatic heterocycles. The van der Waals surface area contributed by atoms with Gasteiger partial charge in [0, 0.05) is 37.1 Å². The minimum absolute atomic E-state index is 0.540. The number of nitrogens with zero attached hydrogens (tertiary/aromatic N) is 2. The Kier molecular flexibility index (Phi) is 5.04. The van der Waals surface area contributed by atoms with E-state index in [0.29, 0.717) is 12.0 Å². The van der Waals surface area contributed by atoms with Crippen LogP contribution in [0.5, 0.6) is 0 Å². The molecule has 1 aromatic rings. The highest BCUT2D eigenvalue weighted by Gasteiger charge is 1.99. The summed E-state index contributed by atoms with van der Waals surface area (Å²) in [7, 11) is 0. The maximum atomic E-state index is 4.21. The highest BCUT2D eigenvalue weighted by Crippen LogP contribution is 2.00. The molecule has 0 bridgehead atoms. The zero-order valence-corrected chi connectivity index (χ0v) is 9.75. The Morgan fingerprint density at radius 2 is 1.93 bits per heavy atom. The van der Waals surface area contributed by atoms with Crippen LogP contribution < -0.4 is 10.6 Å². The van der Waals surface area contributed by atoms with Crippen molar-refractivity contribution in [1.82, 2.24) is 15.3 Å². The number of nitrogens with one attached hydrogen (secondary N) is 2. The Hall–Kier alpha value is -1.16. The number of hydrogen-bond donors (Lipinski definition) is 2. The fourth-order valence-corrected chi connectivity index (χ4v) is 1.13. The molecule has 1 rings (SSSR count). The number of aromatic nitrogens is 2. The van der Waals surface area contributed by atoms with E-state index in [4.69, 9.17) is 0 Å². The fraction of sp³-hybridized carbons (Fsp3) is 0.636. The van der Waals surface area contributed by atoms with E-state index >= 15 is 0 Å². The molecule has 0 aliphatic carbocycles. The van der Waals surface area contributed by atoms with Gasteiger partial charge in [0.2, 0.25) is 5.95 Å². The summed E-state index contributed by atoms with van der Waals surface area (Å²) in [6.45, 7) is 8.06. The molecule has 15 heavy (non-hydrogen) atoms. The second-order valence-electron chi connectivity index (χ2n) is 3.64. The molecule has 0 aliphatic rings. The number of rotatable bonds is 6. The second kappa shape index (κ2) is 6.35. The lowest BCUT2D eigenvalue weighted by atomic mass is 10.2. The molecular formula is C11H20N4. The van der Waals surface area contributed by atoms with E-state index < -0.39 is 0 Å². The average molecular weight is 208 g/mol. The summed E-state index contributed by atoms with van der Waals surface area (Å²) in [5, 5.41) is 6.47. The summed E-state index contributed by atoms with van der Waals surface area (Å²) in [6.07, 6.45) is 4.86. The van der Waals surface area contributed by atoms with E-state index in [1.165, 1.54) is 0 Å². The lowest BCUT2D eigenvalue weighted by Gasteiger charge is -2.10. The lowest BCUT2D eigenvalue weighted by Crippen LogP contribution is -2.24. The van der Waals surface area contributed by atoms with Gasteiger partial charge in [0.05, 0.1) is 0 Å². The molecule has 0 amide bonds. The first-order valence-electron chi connectivity index (χ1n) is 5.54. The molecule has 0 fully saturated rings. The van der Waals surface area contributed by atoms with Gasteiger partial charge in [-0.2, -0.15) is 0 Å². The predicted octanol–water partition coefficient (Wildman–Crippen LogP) is 1.80. The molecule has 4 heteroatoms. The third-order valence-electron chi connectivity index (χ3n) is 2.31. The summed E-state index contributed by atoms with van der Waals surface area (Å²) >= 11 is 0. The standard InChI is InChI=1S/C11H20N4/c1-4-9(3)13-6-10-7-14-11(12-5-2)15-8-10/h7-9,13H,4-6H2,1-3H3,(H,12,14,15)/t9-/m1/s1. The average Bonchev–Trinajstić information content (AvgIpc) is 2.28. The van der Waals surface area contributed by atoms with Crippen molar-refractivity contribution in [2.75, 3.05) is 11.9 Å². The highest BCUT2D eigenvalue weighted by atomic mass is 15.1. The van der Waals surface area contributed by atoms with E-state index in [0.717, 1.165) is 25.1 Å². The first-order chi connectivity index (χ1) is 7.26. The summed E-state index contributed by atoms with van der Waals surface area (Å²) < 4.78 is 0. The van der Waals surface area contributed by atoms with Gasteiger partial charge in [-0.3, -0.25) is 0 Å². The van der Waals surface area contributed by atoms with Crippen LogP contribution in [0.15, 0.2) is 12.4 Å². The molecule has 1 atom stereocenters. The monoisotopic (exact) mass is 208 g/mol. The van der Waals surface area contributed by atoms with Crippen LogP contribution in [0.4, 0.5) is 5.95 Å². The lowest BCUT2D eigenvalue weighted by molar-refractivity contribution is 0.533. The molecule has 0 unspecified atom stereocenters. The summed E-state index contributed by atoms with van der Waals surface area (Å²) in [5.41, 5.74) is 1.12. The molecule has 0 aromatic carbocycles. The molecule has 0 saturated heterocycles. The molecule has 84 valence electrons. The van der Waals surface area contributed by atoms with Crippen LogP contribution in [-0.2, 0) is 6.54 Å². The Labute approximate surface area is 91.5 Å². The minimum Gasteiger partial charge on any atom is -0.355 e. The van der Waals surface area contributed by atoms with Crippen LogP contribution in [-0.4, -0.2) is 22.6 Å². The van der Waals surface area contributed by atoms with Gasteiger partial charge in [0.25, 0.3) is 0 Å². The Bertz CT molecular complexity index is 270.